The van der Waals surface area contributed by atoms with Gasteiger partial charge in [0.2, 0.25) is 0 Å². The third kappa shape index (κ3) is 5.46. The smallest absolute Gasteiger partial charge is 0.331 e. The second-order valence-electron chi connectivity index (χ2n) is 4.73. The Labute approximate surface area is 158 Å². The summed E-state index contributed by atoms with van der Waals surface area (Å²) in [5, 5.41) is 3.07. The van der Waals surface area contributed by atoms with Crippen molar-refractivity contribution in [3.8, 4) is 0 Å². The number of halogens is 4. The Bertz CT molecular complexity index is 820. The van der Waals surface area contributed by atoms with E-state index in [-0.39, 0.29) is 20.6 Å². The maximum Gasteiger partial charge on any atom is 0.331 e. The number of hydrogen-bond donors (Lipinski definition) is 1. The lowest BCUT2D eigenvalue weighted by Crippen LogP contribution is -2.20. The molecule has 0 aromatic heterocycles. The molecule has 0 aliphatic rings. The van der Waals surface area contributed by atoms with Crippen molar-refractivity contribution < 1.29 is 18.7 Å². The van der Waals surface area contributed by atoms with E-state index in [1.807, 2.05) is 0 Å². The number of esters is 1. The quantitative estimate of drug-likeness (QED) is 0.567. The zero-order valence-electron chi connectivity index (χ0n) is 12.6. The van der Waals surface area contributed by atoms with E-state index in [0.717, 1.165) is 6.08 Å². The summed E-state index contributed by atoms with van der Waals surface area (Å²) in [4.78, 5) is 23.4. The Balaban J connectivity index is 1.90. The van der Waals surface area contributed by atoms with Crippen LogP contribution in [0.1, 0.15) is 5.56 Å². The molecule has 1 N–H and O–H groups in total. The van der Waals surface area contributed by atoms with E-state index in [0.29, 0.717) is 5.69 Å². The van der Waals surface area contributed by atoms with Crippen molar-refractivity contribution in [1.29, 1.82) is 0 Å². The van der Waals surface area contributed by atoms with Gasteiger partial charge in [0.25, 0.3) is 5.91 Å². The maximum atomic E-state index is 13.6. The van der Waals surface area contributed by atoms with Crippen molar-refractivity contribution in [3.05, 3.63) is 68.9 Å². The monoisotopic (exact) mass is 401 g/mol. The number of anilines is 1. The lowest BCUT2D eigenvalue weighted by molar-refractivity contribution is -0.142. The number of nitrogens with one attached hydrogen (secondary N) is 1. The SMILES string of the molecule is O=C(COC(=O)/C=C/c1c(F)cccc1Cl)Nc1cccc(Cl)c1Cl. The number of hydrogen-bond acceptors (Lipinski definition) is 3. The molecule has 0 radical (unpaired) electrons. The molecule has 0 atom stereocenters. The van der Waals surface area contributed by atoms with Crippen molar-refractivity contribution in [3.63, 3.8) is 0 Å². The van der Waals surface area contributed by atoms with Gasteiger partial charge in [0.1, 0.15) is 5.82 Å². The molecule has 2 rings (SSSR count). The molecule has 1 amide bonds. The molecule has 0 spiro atoms. The summed E-state index contributed by atoms with van der Waals surface area (Å²) in [5.74, 6) is -2.01. The molecular formula is C17H11Cl3FNO3. The molecule has 0 saturated carbocycles. The average Bonchev–Trinajstić information content (AvgIpc) is 2.57. The first-order valence-corrected chi connectivity index (χ1v) is 8.04. The fourth-order valence-electron chi connectivity index (χ4n) is 1.79. The van der Waals surface area contributed by atoms with E-state index in [4.69, 9.17) is 39.5 Å². The second kappa shape index (κ2) is 8.85. The van der Waals surface area contributed by atoms with E-state index >= 15 is 0 Å². The highest BCUT2D eigenvalue weighted by Gasteiger charge is 2.10. The molecule has 0 aliphatic heterocycles. The van der Waals surface area contributed by atoms with Crippen LogP contribution in [-0.2, 0) is 14.3 Å². The first kappa shape index (κ1) is 19.2. The van der Waals surface area contributed by atoms with E-state index < -0.39 is 24.3 Å². The van der Waals surface area contributed by atoms with Gasteiger partial charge in [0.15, 0.2) is 6.61 Å². The van der Waals surface area contributed by atoms with E-state index in [1.54, 1.807) is 18.2 Å². The number of amides is 1. The highest BCUT2D eigenvalue weighted by Crippen LogP contribution is 2.29. The molecule has 0 aliphatic carbocycles. The molecule has 0 heterocycles. The molecule has 25 heavy (non-hydrogen) atoms. The average molecular weight is 403 g/mol. The van der Waals surface area contributed by atoms with Crippen molar-refractivity contribution in [2.45, 2.75) is 0 Å². The summed E-state index contributed by atoms with van der Waals surface area (Å²) >= 11 is 17.6. The van der Waals surface area contributed by atoms with Gasteiger partial charge in [-0.1, -0.05) is 46.9 Å². The summed E-state index contributed by atoms with van der Waals surface area (Å²) in [5.41, 5.74) is 0.347. The van der Waals surface area contributed by atoms with Crippen LogP contribution < -0.4 is 5.32 Å². The lowest BCUT2D eigenvalue weighted by Gasteiger charge is -2.08. The molecular weight excluding hydrogens is 392 g/mol. The van der Waals surface area contributed by atoms with Crippen molar-refractivity contribution >= 4 is 58.4 Å². The third-order valence-corrected chi connectivity index (χ3v) is 4.11. The van der Waals surface area contributed by atoms with E-state index in [1.165, 1.54) is 24.3 Å². The van der Waals surface area contributed by atoms with Crippen LogP contribution in [0.25, 0.3) is 6.08 Å². The molecule has 0 fully saturated rings. The van der Waals surface area contributed by atoms with E-state index in [9.17, 15) is 14.0 Å². The van der Waals surface area contributed by atoms with Gasteiger partial charge in [-0.3, -0.25) is 4.79 Å². The normalized spacial score (nSPS) is 10.7. The number of carbonyl (C=O) groups excluding carboxylic acids is 2. The zero-order valence-corrected chi connectivity index (χ0v) is 14.8. The van der Waals surface area contributed by atoms with Gasteiger partial charge in [0.05, 0.1) is 20.8 Å². The standard InChI is InChI=1S/C17H11Cl3FNO3/c18-11-3-1-5-13(21)10(11)7-8-16(24)25-9-15(23)22-14-6-2-4-12(19)17(14)20/h1-8H,9H2,(H,22,23)/b8-7+. The summed E-state index contributed by atoms with van der Waals surface area (Å²) in [6.07, 6.45) is 2.15. The van der Waals surface area contributed by atoms with Crippen LogP contribution in [0.15, 0.2) is 42.5 Å². The Hall–Kier alpha value is -2.08. The summed E-state index contributed by atoms with van der Waals surface area (Å²) in [6, 6.07) is 8.86. The summed E-state index contributed by atoms with van der Waals surface area (Å²) in [6.45, 7) is -0.545. The Morgan fingerprint density at radius 1 is 1.08 bits per heavy atom. The van der Waals surface area contributed by atoms with Crippen LogP contribution in [0.5, 0.6) is 0 Å². The number of carbonyl (C=O) groups is 2. The fraction of sp³-hybridized carbons (Fsp3) is 0.0588. The third-order valence-electron chi connectivity index (χ3n) is 2.96. The van der Waals surface area contributed by atoms with Crippen LogP contribution in [0.4, 0.5) is 10.1 Å². The maximum absolute atomic E-state index is 13.6. The Morgan fingerprint density at radius 3 is 2.48 bits per heavy atom. The molecule has 2 aromatic rings. The van der Waals surface area contributed by atoms with Gasteiger partial charge < -0.3 is 10.1 Å². The van der Waals surface area contributed by atoms with Crippen LogP contribution in [-0.4, -0.2) is 18.5 Å². The van der Waals surface area contributed by atoms with Crippen molar-refractivity contribution in [2.24, 2.45) is 0 Å². The van der Waals surface area contributed by atoms with Gasteiger partial charge in [-0.15, -0.1) is 0 Å². The zero-order chi connectivity index (χ0) is 18.4. The van der Waals surface area contributed by atoms with Gasteiger partial charge in [-0.05, 0) is 30.3 Å². The molecule has 0 saturated heterocycles. The molecule has 2 aromatic carbocycles. The minimum absolute atomic E-state index is 0.0521. The summed E-state index contributed by atoms with van der Waals surface area (Å²) < 4.78 is 18.3. The lowest BCUT2D eigenvalue weighted by atomic mass is 10.2. The van der Waals surface area contributed by atoms with Crippen LogP contribution in [0.3, 0.4) is 0 Å². The molecule has 4 nitrogen and oxygen atoms in total. The highest BCUT2D eigenvalue weighted by molar-refractivity contribution is 6.44. The van der Waals surface area contributed by atoms with Gasteiger partial charge >= 0.3 is 5.97 Å². The van der Waals surface area contributed by atoms with Gasteiger partial charge in [-0.2, -0.15) is 0 Å². The largest absolute Gasteiger partial charge is 0.452 e. The van der Waals surface area contributed by atoms with Crippen molar-refractivity contribution in [2.75, 3.05) is 11.9 Å². The first-order valence-electron chi connectivity index (χ1n) is 6.91. The van der Waals surface area contributed by atoms with Crippen molar-refractivity contribution in [1.82, 2.24) is 0 Å². The highest BCUT2D eigenvalue weighted by atomic mass is 35.5. The topological polar surface area (TPSA) is 55.4 Å². The van der Waals surface area contributed by atoms with Gasteiger partial charge in [-0.25, -0.2) is 9.18 Å². The Morgan fingerprint density at radius 2 is 1.76 bits per heavy atom. The molecule has 8 heteroatoms. The number of ether oxygens (including phenoxy) is 1. The molecule has 130 valence electrons. The van der Waals surface area contributed by atoms with Crippen LogP contribution >= 0.6 is 34.8 Å². The van der Waals surface area contributed by atoms with Crippen LogP contribution in [0, 0.1) is 5.82 Å². The van der Waals surface area contributed by atoms with Gasteiger partial charge in [0, 0.05) is 11.6 Å². The van der Waals surface area contributed by atoms with E-state index in [2.05, 4.69) is 5.32 Å². The predicted molar refractivity (Wildman–Crippen MR) is 96.5 cm³/mol. The number of rotatable bonds is 5. The summed E-state index contributed by atoms with van der Waals surface area (Å²) in [7, 11) is 0. The fourth-order valence-corrected chi connectivity index (χ4v) is 2.37. The Kier molecular flexibility index (Phi) is 6.82. The second-order valence-corrected chi connectivity index (χ2v) is 5.92. The number of benzene rings is 2. The minimum atomic E-state index is -0.827. The minimum Gasteiger partial charge on any atom is -0.452 e. The first-order chi connectivity index (χ1) is 11.9. The predicted octanol–water partition coefficient (Wildman–Crippen LogP) is 4.98. The molecule has 0 bridgehead atoms. The van der Waals surface area contributed by atoms with Crippen LogP contribution in [0.2, 0.25) is 15.1 Å². The molecule has 0 unspecified atom stereocenters.